The van der Waals surface area contributed by atoms with Crippen molar-refractivity contribution in [2.45, 2.75) is 42.9 Å². The molecule has 6 N–H and O–H groups in total. The Balaban J connectivity index is 1.74. The van der Waals surface area contributed by atoms with Gasteiger partial charge in [-0.2, -0.15) is 0 Å². The van der Waals surface area contributed by atoms with Gasteiger partial charge in [-0.05, 0) is 17.7 Å². The van der Waals surface area contributed by atoms with Crippen LogP contribution in [0.3, 0.4) is 0 Å². The molecule has 1 heterocycles. The van der Waals surface area contributed by atoms with Gasteiger partial charge in [0.1, 0.15) is 30.5 Å². The summed E-state index contributed by atoms with van der Waals surface area (Å²) < 4.78 is 10.9. The zero-order valence-electron chi connectivity index (χ0n) is 16.7. The van der Waals surface area contributed by atoms with Gasteiger partial charge in [-0.3, -0.25) is 4.79 Å². The zero-order chi connectivity index (χ0) is 22.4. The fraction of sp³-hybridized carbons (Fsp3) is 0.409. The summed E-state index contributed by atoms with van der Waals surface area (Å²) in [6.07, 6.45) is -8.33. The van der Waals surface area contributed by atoms with Gasteiger partial charge in [-0.15, -0.1) is 0 Å². The number of carbonyl (C=O) groups excluding carboxylic acids is 1. The molecule has 0 spiro atoms. The molecule has 0 saturated carbocycles. The quantitative estimate of drug-likeness (QED) is 0.321. The summed E-state index contributed by atoms with van der Waals surface area (Å²) in [4.78, 5) is 12.6. The van der Waals surface area contributed by atoms with Crippen LogP contribution < -0.4 is 5.32 Å². The lowest BCUT2D eigenvalue weighted by Crippen LogP contribution is -2.59. The fourth-order valence-electron chi connectivity index (χ4n) is 3.34. The first kappa shape index (κ1) is 23.3. The molecule has 1 fully saturated rings. The van der Waals surface area contributed by atoms with Crippen molar-refractivity contribution in [2.24, 2.45) is 0 Å². The summed E-state index contributed by atoms with van der Waals surface area (Å²) in [6, 6.07) is 16.2. The number of benzene rings is 2. The molecule has 2 aromatic rings. The lowest BCUT2D eigenvalue weighted by Gasteiger charge is -2.40. The first-order chi connectivity index (χ1) is 14.9. The number of hydrogen-bond acceptors (Lipinski definition) is 8. The second kappa shape index (κ2) is 10.8. The van der Waals surface area contributed by atoms with E-state index in [0.717, 1.165) is 0 Å². The minimum atomic E-state index is -1.59. The third-order valence-corrected chi connectivity index (χ3v) is 5.16. The van der Waals surface area contributed by atoms with Crippen molar-refractivity contribution >= 4 is 5.91 Å². The van der Waals surface area contributed by atoms with Gasteiger partial charge < -0.3 is 40.3 Å². The van der Waals surface area contributed by atoms with Gasteiger partial charge >= 0.3 is 0 Å². The average molecular weight is 433 g/mol. The Hall–Kier alpha value is -2.37. The van der Waals surface area contributed by atoms with Crippen LogP contribution in [0.25, 0.3) is 0 Å². The van der Waals surface area contributed by atoms with Gasteiger partial charge in [-0.25, -0.2) is 0 Å². The van der Waals surface area contributed by atoms with Gasteiger partial charge in [0.15, 0.2) is 6.29 Å². The molecule has 168 valence electrons. The molecule has 9 nitrogen and oxygen atoms in total. The van der Waals surface area contributed by atoms with E-state index in [-0.39, 0.29) is 6.61 Å². The summed E-state index contributed by atoms with van der Waals surface area (Å²) in [5.74, 6) is -0.432. The largest absolute Gasteiger partial charge is 0.394 e. The van der Waals surface area contributed by atoms with E-state index in [2.05, 4.69) is 5.32 Å². The summed E-state index contributed by atoms with van der Waals surface area (Å²) in [7, 11) is 0. The molecule has 0 unspecified atom stereocenters. The standard InChI is InChI=1S/C22H27NO8/c24-11-16-18(26)19(27)20(28)22(31-16)30-12-15(17(25)13-7-3-1-4-8-13)23-21(29)14-9-5-2-6-10-14/h1-10,15-20,22,24-28H,11-12H2,(H,23,29)/t15-,16-,17-,18+,19+,20+,22-/m0/s1. The summed E-state index contributed by atoms with van der Waals surface area (Å²) >= 11 is 0. The predicted octanol–water partition coefficient (Wildman–Crippen LogP) is -0.665. The van der Waals surface area contributed by atoms with Crippen LogP contribution in [-0.2, 0) is 9.47 Å². The van der Waals surface area contributed by atoms with E-state index < -0.39 is 55.4 Å². The number of aliphatic hydroxyl groups is 5. The van der Waals surface area contributed by atoms with E-state index in [1.807, 2.05) is 0 Å². The first-order valence-corrected chi connectivity index (χ1v) is 9.93. The number of nitrogens with one attached hydrogen (secondary N) is 1. The molecular weight excluding hydrogens is 406 g/mol. The highest BCUT2D eigenvalue weighted by Crippen LogP contribution is 2.24. The molecule has 0 aliphatic carbocycles. The van der Waals surface area contributed by atoms with Crippen molar-refractivity contribution in [3.05, 3.63) is 71.8 Å². The molecule has 0 radical (unpaired) electrons. The maximum absolute atomic E-state index is 12.6. The molecule has 1 saturated heterocycles. The highest BCUT2D eigenvalue weighted by molar-refractivity contribution is 5.94. The van der Waals surface area contributed by atoms with Crippen LogP contribution in [0.2, 0.25) is 0 Å². The SMILES string of the molecule is O=C(N[C@@H](CO[C@H]1O[C@@H](CO)[C@@H](O)[C@@H](O)[C@H]1O)[C@@H](O)c1ccccc1)c1ccccc1. The van der Waals surface area contributed by atoms with E-state index in [4.69, 9.17) is 9.47 Å². The van der Waals surface area contributed by atoms with Crippen LogP contribution in [0, 0.1) is 0 Å². The van der Waals surface area contributed by atoms with Crippen LogP contribution >= 0.6 is 0 Å². The Kier molecular flexibility index (Phi) is 8.10. The van der Waals surface area contributed by atoms with E-state index in [1.165, 1.54) is 0 Å². The monoisotopic (exact) mass is 433 g/mol. The second-order valence-corrected chi connectivity index (χ2v) is 7.33. The zero-order valence-corrected chi connectivity index (χ0v) is 16.7. The smallest absolute Gasteiger partial charge is 0.251 e. The number of hydrogen-bond donors (Lipinski definition) is 6. The maximum Gasteiger partial charge on any atom is 0.251 e. The van der Waals surface area contributed by atoms with Crippen molar-refractivity contribution < 1.29 is 39.8 Å². The minimum absolute atomic E-state index is 0.280. The van der Waals surface area contributed by atoms with Crippen LogP contribution in [0.15, 0.2) is 60.7 Å². The summed E-state index contributed by atoms with van der Waals surface area (Å²) in [5, 5.41) is 52.8. The Labute approximate surface area is 179 Å². The average Bonchev–Trinajstić information content (AvgIpc) is 2.81. The van der Waals surface area contributed by atoms with Crippen molar-refractivity contribution in [1.29, 1.82) is 0 Å². The molecule has 2 aromatic carbocycles. The van der Waals surface area contributed by atoms with Crippen molar-refractivity contribution in [3.63, 3.8) is 0 Å². The molecule has 3 rings (SSSR count). The van der Waals surface area contributed by atoms with Crippen LogP contribution in [-0.4, -0.2) is 81.4 Å². The Bertz CT molecular complexity index is 819. The molecule has 31 heavy (non-hydrogen) atoms. The Morgan fingerprint density at radius 1 is 0.968 bits per heavy atom. The second-order valence-electron chi connectivity index (χ2n) is 7.33. The third-order valence-electron chi connectivity index (χ3n) is 5.16. The van der Waals surface area contributed by atoms with Crippen molar-refractivity contribution in [2.75, 3.05) is 13.2 Å². The van der Waals surface area contributed by atoms with E-state index >= 15 is 0 Å². The van der Waals surface area contributed by atoms with Crippen molar-refractivity contribution in [3.8, 4) is 0 Å². The van der Waals surface area contributed by atoms with E-state index in [1.54, 1.807) is 60.7 Å². The van der Waals surface area contributed by atoms with Gasteiger partial charge in [0.05, 0.1) is 19.3 Å². The first-order valence-electron chi connectivity index (χ1n) is 9.93. The molecule has 9 heteroatoms. The van der Waals surface area contributed by atoms with Crippen LogP contribution in [0.5, 0.6) is 0 Å². The lowest BCUT2D eigenvalue weighted by molar-refractivity contribution is -0.302. The summed E-state index contributed by atoms with van der Waals surface area (Å²) in [5.41, 5.74) is 0.930. The topological polar surface area (TPSA) is 149 Å². The van der Waals surface area contributed by atoms with E-state index in [9.17, 15) is 30.3 Å². The molecule has 0 aromatic heterocycles. The molecule has 1 amide bonds. The van der Waals surface area contributed by atoms with Crippen LogP contribution in [0.1, 0.15) is 22.0 Å². The highest BCUT2D eigenvalue weighted by Gasteiger charge is 2.44. The molecule has 0 bridgehead atoms. The summed E-state index contributed by atoms with van der Waals surface area (Å²) in [6.45, 7) is -0.872. The molecule has 1 aliphatic rings. The molecule has 1 aliphatic heterocycles. The Morgan fingerprint density at radius 2 is 1.58 bits per heavy atom. The van der Waals surface area contributed by atoms with Gasteiger partial charge in [0.2, 0.25) is 0 Å². The number of carbonyl (C=O) groups is 1. The normalized spacial score (nSPS) is 28.0. The van der Waals surface area contributed by atoms with Gasteiger partial charge in [0.25, 0.3) is 5.91 Å². The number of rotatable bonds is 8. The van der Waals surface area contributed by atoms with Crippen molar-refractivity contribution in [1.82, 2.24) is 5.32 Å². The van der Waals surface area contributed by atoms with Gasteiger partial charge in [0, 0.05) is 5.56 Å². The lowest BCUT2D eigenvalue weighted by atomic mass is 9.99. The molecular formula is C22H27NO8. The third kappa shape index (κ3) is 5.66. The highest BCUT2D eigenvalue weighted by atomic mass is 16.7. The number of ether oxygens (including phenoxy) is 2. The van der Waals surface area contributed by atoms with E-state index in [0.29, 0.717) is 11.1 Å². The predicted molar refractivity (Wildman–Crippen MR) is 109 cm³/mol. The number of aliphatic hydroxyl groups excluding tert-OH is 5. The minimum Gasteiger partial charge on any atom is -0.394 e. The fourth-order valence-corrected chi connectivity index (χ4v) is 3.34. The number of amides is 1. The maximum atomic E-state index is 12.6. The van der Waals surface area contributed by atoms with Crippen LogP contribution in [0.4, 0.5) is 0 Å². The Morgan fingerprint density at radius 3 is 2.19 bits per heavy atom. The molecule has 7 atom stereocenters. The van der Waals surface area contributed by atoms with Gasteiger partial charge in [-0.1, -0.05) is 48.5 Å².